The molecule has 2 aliphatic heterocycles. The maximum atomic E-state index is 14.1. The third-order valence-electron chi connectivity index (χ3n) is 6.76. The molecule has 2 heterocycles. The van der Waals surface area contributed by atoms with Gasteiger partial charge in [0.2, 0.25) is 4.87 Å². The van der Waals surface area contributed by atoms with Crippen molar-refractivity contribution in [3.63, 3.8) is 0 Å². The van der Waals surface area contributed by atoms with Gasteiger partial charge in [-0.3, -0.25) is 9.69 Å². The summed E-state index contributed by atoms with van der Waals surface area (Å²) in [6.07, 6.45) is 0. The van der Waals surface area contributed by atoms with Gasteiger partial charge < -0.3 is 15.1 Å². The number of hydrogen-bond acceptors (Lipinski definition) is 5. The summed E-state index contributed by atoms with van der Waals surface area (Å²) in [5, 5.41) is 1.80. The Hall–Kier alpha value is -3.07. The molecule has 2 saturated heterocycles. The lowest BCUT2D eigenvalue weighted by Gasteiger charge is -2.43. The monoisotopic (exact) mass is 484 g/mol. The molecule has 3 amide bonds. The Bertz CT molecular complexity index is 1190. The molecule has 0 aliphatic carbocycles. The number of aryl methyl sites for hydroxylation is 2. The lowest BCUT2D eigenvalue weighted by atomic mass is 10.1. The van der Waals surface area contributed by atoms with E-state index in [0.29, 0.717) is 31.9 Å². The Morgan fingerprint density at radius 1 is 1.00 bits per heavy atom. The van der Waals surface area contributed by atoms with E-state index in [4.69, 9.17) is 0 Å². The highest BCUT2D eigenvalue weighted by molar-refractivity contribution is 7.94. The van der Waals surface area contributed by atoms with Gasteiger partial charge in [0.15, 0.2) is 9.84 Å². The molecule has 4 rings (SSSR count). The predicted molar refractivity (Wildman–Crippen MR) is 134 cm³/mol. The zero-order valence-corrected chi connectivity index (χ0v) is 20.9. The number of carbonyl (C=O) groups excluding carboxylic acids is 2. The van der Waals surface area contributed by atoms with Crippen molar-refractivity contribution >= 4 is 33.2 Å². The van der Waals surface area contributed by atoms with Gasteiger partial charge in [0.05, 0.1) is 11.8 Å². The van der Waals surface area contributed by atoms with Crippen LogP contribution in [0.2, 0.25) is 0 Å². The lowest BCUT2D eigenvalue weighted by Crippen LogP contribution is -2.67. The molecule has 0 saturated carbocycles. The Balaban J connectivity index is 1.68. The number of nitrogens with zero attached hydrogens (tertiary/aromatic N) is 3. The highest BCUT2D eigenvalue weighted by Gasteiger charge is 2.63. The van der Waals surface area contributed by atoms with Crippen LogP contribution in [0, 0.1) is 13.8 Å². The van der Waals surface area contributed by atoms with Gasteiger partial charge in [-0.1, -0.05) is 30.3 Å². The highest BCUT2D eigenvalue weighted by atomic mass is 32.2. The zero-order valence-electron chi connectivity index (χ0n) is 20.1. The number of amides is 3. The third-order valence-corrected chi connectivity index (χ3v) is 9.44. The molecule has 182 valence electrons. The van der Waals surface area contributed by atoms with Crippen LogP contribution in [-0.2, 0) is 14.6 Å². The molecule has 2 aromatic rings. The van der Waals surface area contributed by atoms with E-state index in [9.17, 15) is 18.0 Å². The summed E-state index contributed by atoms with van der Waals surface area (Å²) < 4.78 is 27.5. The molecule has 0 radical (unpaired) electrons. The topological polar surface area (TPSA) is 90.0 Å². The molecular formula is C25H32N4O4S. The number of nitrogens with one attached hydrogen (secondary N) is 1. The maximum absolute atomic E-state index is 14.1. The first-order chi connectivity index (χ1) is 16.1. The highest BCUT2D eigenvalue weighted by Crippen LogP contribution is 2.37. The van der Waals surface area contributed by atoms with E-state index < -0.39 is 31.9 Å². The Morgan fingerprint density at radius 2 is 1.65 bits per heavy atom. The number of rotatable bonds is 5. The van der Waals surface area contributed by atoms with E-state index in [-0.39, 0.29) is 6.54 Å². The van der Waals surface area contributed by atoms with Crippen LogP contribution in [0.3, 0.4) is 0 Å². The standard InChI is InChI=1S/C25H32N4O4S/c1-18(2)34(32,33)25(17-26-24(31)29(25)21-8-6-5-7-9-21)23(30)28-14-12-27(13-15-28)22-16-19(3)10-11-20(22)4/h5-11,16,18H,12-15,17H2,1-4H3,(H,26,31). The average molecular weight is 485 g/mol. The van der Waals surface area contributed by atoms with E-state index in [1.165, 1.54) is 0 Å². The molecular weight excluding hydrogens is 452 g/mol. The van der Waals surface area contributed by atoms with Crippen molar-refractivity contribution in [2.75, 3.05) is 42.5 Å². The number of hydrogen-bond donors (Lipinski definition) is 1. The van der Waals surface area contributed by atoms with Crippen molar-refractivity contribution in [3.05, 3.63) is 59.7 Å². The SMILES string of the molecule is Cc1ccc(C)c(N2CCN(C(=O)C3(S(=O)(=O)C(C)C)CNC(=O)N3c3ccccc3)CC2)c1. The Kier molecular flexibility index (Phi) is 6.33. The fourth-order valence-electron chi connectivity index (χ4n) is 4.79. The van der Waals surface area contributed by atoms with Gasteiger partial charge in [0, 0.05) is 37.6 Å². The normalized spacial score (nSPS) is 21.2. The van der Waals surface area contributed by atoms with Crippen molar-refractivity contribution < 1.29 is 18.0 Å². The number of urea groups is 1. The second-order valence-corrected chi connectivity index (χ2v) is 12.0. The van der Waals surface area contributed by atoms with Crippen molar-refractivity contribution in [2.45, 2.75) is 37.8 Å². The average Bonchev–Trinajstić information content (AvgIpc) is 3.19. The van der Waals surface area contributed by atoms with Crippen LogP contribution in [0.15, 0.2) is 48.5 Å². The van der Waals surface area contributed by atoms with Crippen molar-refractivity contribution in [3.8, 4) is 0 Å². The zero-order chi connectivity index (χ0) is 24.7. The minimum atomic E-state index is -4.06. The summed E-state index contributed by atoms with van der Waals surface area (Å²) >= 11 is 0. The van der Waals surface area contributed by atoms with Gasteiger partial charge in [0.1, 0.15) is 0 Å². The fraction of sp³-hybridized carbons (Fsp3) is 0.440. The summed E-state index contributed by atoms with van der Waals surface area (Å²) in [4.78, 5) is 29.9. The molecule has 34 heavy (non-hydrogen) atoms. The predicted octanol–water partition coefficient (Wildman–Crippen LogP) is 2.70. The maximum Gasteiger partial charge on any atom is 0.323 e. The van der Waals surface area contributed by atoms with Gasteiger partial charge in [-0.25, -0.2) is 13.2 Å². The summed E-state index contributed by atoms with van der Waals surface area (Å²) in [5.74, 6) is -0.552. The number of carbonyl (C=O) groups is 2. The summed E-state index contributed by atoms with van der Waals surface area (Å²) in [6, 6.07) is 14.2. The number of anilines is 2. The molecule has 0 spiro atoms. The van der Waals surface area contributed by atoms with E-state index in [1.807, 2.05) is 6.92 Å². The van der Waals surface area contributed by atoms with Gasteiger partial charge in [-0.15, -0.1) is 0 Å². The van der Waals surface area contributed by atoms with Crippen LogP contribution in [0.1, 0.15) is 25.0 Å². The first kappa shape index (κ1) is 24.1. The summed E-state index contributed by atoms with van der Waals surface area (Å²) in [6.45, 7) is 8.84. The minimum absolute atomic E-state index is 0.280. The van der Waals surface area contributed by atoms with Crippen LogP contribution in [0.4, 0.5) is 16.2 Å². The summed E-state index contributed by atoms with van der Waals surface area (Å²) in [7, 11) is -4.06. The first-order valence-corrected chi connectivity index (χ1v) is 13.1. The molecule has 1 unspecified atom stereocenters. The second kappa shape index (κ2) is 8.94. The molecule has 2 fully saturated rings. The molecule has 0 bridgehead atoms. The number of piperazine rings is 1. The number of para-hydroxylation sites is 1. The van der Waals surface area contributed by atoms with Gasteiger partial charge >= 0.3 is 6.03 Å². The lowest BCUT2D eigenvalue weighted by molar-refractivity contribution is -0.133. The largest absolute Gasteiger partial charge is 0.368 e. The van der Waals surface area contributed by atoms with E-state index in [1.54, 1.807) is 49.1 Å². The van der Waals surface area contributed by atoms with Crippen LogP contribution in [0.25, 0.3) is 0 Å². The van der Waals surface area contributed by atoms with E-state index >= 15 is 0 Å². The van der Waals surface area contributed by atoms with Crippen molar-refractivity contribution in [1.82, 2.24) is 10.2 Å². The van der Waals surface area contributed by atoms with Crippen LogP contribution in [0.5, 0.6) is 0 Å². The Labute approximate surface area is 201 Å². The van der Waals surface area contributed by atoms with Crippen molar-refractivity contribution in [1.29, 1.82) is 0 Å². The Morgan fingerprint density at radius 3 is 2.26 bits per heavy atom. The van der Waals surface area contributed by atoms with Gasteiger partial charge in [-0.2, -0.15) is 0 Å². The molecule has 9 heteroatoms. The molecule has 1 N–H and O–H groups in total. The van der Waals surface area contributed by atoms with E-state index in [0.717, 1.165) is 21.7 Å². The molecule has 1 atom stereocenters. The number of benzene rings is 2. The minimum Gasteiger partial charge on any atom is -0.368 e. The van der Waals surface area contributed by atoms with Gasteiger partial charge in [0.25, 0.3) is 5.91 Å². The quantitative estimate of drug-likeness (QED) is 0.705. The van der Waals surface area contributed by atoms with Gasteiger partial charge in [-0.05, 0) is 57.0 Å². The van der Waals surface area contributed by atoms with Crippen LogP contribution >= 0.6 is 0 Å². The molecule has 8 nitrogen and oxygen atoms in total. The van der Waals surface area contributed by atoms with Crippen LogP contribution in [-0.4, -0.2) is 68.1 Å². The fourth-order valence-corrected chi connectivity index (χ4v) is 6.66. The second-order valence-electron chi connectivity index (χ2n) is 9.28. The third kappa shape index (κ3) is 3.81. The smallest absolute Gasteiger partial charge is 0.323 e. The molecule has 2 aliphatic rings. The molecule has 0 aromatic heterocycles. The number of sulfone groups is 1. The van der Waals surface area contributed by atoms with E-state index in [2.05, 4.69) is 35.3 Å². The summed E-state index contributed by atoms with van der Waals surface area (Å²) in [5.41, 5.74) is 3.82. The van der Waals surface area contributed by atoms with Crippen LogP contribution < -0.4 is 15.1 Å². The van der Waals surface area contributed by atoms with Crippen molar-refractivity contribution in [2.24, 2.45) is 0 Å². The molecule has 2 aromatic carbocycles. The first-order valence-electron chi connectivity index (χ1n) is 11.6.